The topological polar surface area (TPSA) is 105 Å². The lowest BCUT2D eigenvalue weighted by atomic mass is 10.1. The van der Waals surface area contributed by atoms with E-state index < -0.39 is 10.8 Å². The number of rotatable bonds is 4. The van der Waals surface area contributed by atoms with E-state index in [-0.39, 0.29) is 17.0 Å². The van der Waals surface area contributed by atoms with Crippen LogP contribution in [0.15, 0.2) is 47.6 Å². The van der Waals surface area contributed by atoms with Crippen molar-refractivity contribution in [3.63, 3.8) is 0 Å². The molecule has 0 saturated carbocycles. The van der Waals surface area contributed by atoms with E-state index in [1.54, 1.807) is 26.0 Å². The summed E-state index contributed by atoms with van der Waals surface area (Å²) in [5.41, 5.74) is 4.16. The molecule has 0 aliphatic carbocycles. The van der Waals surface area contributed by atoms with Gasteiger partial charge >= 0.3 is 0 Å². The number of phenols is 1. The number of benzene rings is 2. The summed E-state index contributed by atoms with van der Waals surface area (Å²) in [6.45, 7) is 3.30. The van der Waals surface area contributed by atoms with Crippen molar-refractivity contribution in [3.8, 4) is 5.75 Å². The van der Waals surface area contributed by atoms with Crippen LogP contribution in [0.1, 0.15) is 28.4 Å². The first-order valence-corrected chi connectivity index (χ1v) is 6.77. The lowest BCUT2D eigenvalue weighted by Gasteiger charge is -2.04. The molecular weight excluding hydrogens is 298 g/mol. The van der Waals surface area contributed by atoms with Crippen LogP contribution >= 0.6 is 0 Å². The van der Waals surface area contributed by atoms with Gasteiger partial charge in [-0.1, -0.05) is 6.07 Å². The van der Waals surface area contributed by atoms with Gasteiger partial charge in [0.25, 0.3) is 11.6 Å². The summed E-state index contributed by atoms with van der Waals surface area (Å²) in [5, 5.41) is 24.1. The highest BCUT2D eigenvalue weighted by molar-refractivity contribution is 6.01. The number of aromatic hydroxyl groups is 1. The van der Waals surface area contributed by atoms with Crippen molar-refractivity contribution in [2.45, 2.75) is 13.8 Å². The van der Waals surface area contributed by atoms with E-state index in [1.807, 2.05) is 0 Å². The summed E-state index contributed by atoms with van der Waals surface area (Å²) in [7, 11) is 0. The van der Waals surface area contributed by atoms with Crippen LogP contribution in [0, 0.1) is 17.0 Å². The van der Waals surface area contributed by atoms with E-state index in [4.69, 9.17) is 0 Å². The van der Waals surface area contributed by atoms with E-state index >= 15 is 0 Å². The molecule has 7 nitrogen and oxygen atoms in total. The Balaban J connectivity index is 2.16. The molecule has 2 aromatic rings. The number of hydrogen-bond donors (Lipinski definition) is 2. The predicted octanol–water partition coefficient (Wildman–Crippen LogP) is 2.76. The van der Waals surface area contributed by atoms with Gasteiger partial charge in [-0.15, -0.1) is 0 Å². The fourth-order valence-corrected chi connectivity index (χ4v) is 1.91. The second-order valence-corrected chi connectivity index (χ2v) is 4.94. The molecular formula is C16H15N3O4. The summed E-state index contributed by atoms with van der Waals surface area (Å²) in [4.78, 5) is 22.4. The maximum atomic E-state index is 12.0. The second-order valence-electron chi connectivity index (χ2n) is 4.94. The van der Waals surface area contributed by atoms with Gasteiger partial charge in [-0.25, -0.2) is 5.43 Å². The van der Waals surface area contributed by atoms with Gasteiger partial charge in [-0.2, -0.15) is 5.10 Å². The van der Waals surface area contributed by atoms with Crippen LogP contribution in [0.4, 0.5) is 5.69 Å². The molecule has 0 aliphatic rings. The number of amides is 1. The molecule has 0 heterocycles. The van der Waals surface area contributed by atoms with E-state index in [2.05, 4.69) is 10.5 Å². The molecule has 0 atom stereocenters. The molecule has 0 aromatic heterocycles. The van der Waals surface area contributed by atoms with Gasteiger partial charge in [0.05, 0.1) is 10.6 Å². The van der Waals surface area contributed by atoms with Crippen molar-refractivity contribution >= 4 is 17.3 Å². The molecule has 2 aromatic carbocycles. The third-order valence-electron chi connectivity index (χ3n) is 3.28. The molecule has 23 heavy (non-hydrogen) atoms. The summed E-state index contributed by atoms with van der Waals surface area (Å²) in [6, 6.07) is 10.6. The minimum absolute atomic E-state index is 0.114. The highest BCUT2D eigenvalue weighted by Crippen LogP contribution is 2.19. The van der Waals surface area contributed by atoms with Crippen LogP contribution in [0.25, 0.3) is 0 Å². The maximum Gasteiger partial charge on any atom is 0.273 e. The van der Waals surface area contributed by atoms with Crippen LogP contribution < -0.4 is 5.43 Å². The SMILES string of the molecule is C/C(=N\NC(=O)c1ccc(C)c([N+](=O)[O-])c1)c1ccc(O)cc1. The summed E-state index contributed by atoms with van der Waals surface area (Å²) in [6.07, 6.45) is 0. The molecule has 0 saturated heterocycles. The zero-order chi connectivity index (χ0) is 17.0. The van der Waals surface area contributed by atoms with Crippen molar-refractivity contribution in [1.82, 2.24) is 5.43 Å². The van der Waals surface area contributed by atoms with Crippen LogP contribution in [-0.4, -0.2) is 21.6 Å². The Morgan fingerprint density at radius 2 is 1.78 bits per heavy atom. The number of nitro groups is 1. The first-order chi connectivity index (χ1) is 10.9. The lowest BCUT2D eigenvalue weighted by molar-refractivity contribution is -0.385. The van der Waals surface area contributed by atoms with Gasteiger partial charge in [0, 0.05) is 17.2 Å². The molecule has 0 bridgehead atoms. The highest BCUT2D eigenvalue weighted by Gasteiger charge is 2.14. The van der Waals surface area contributed by atoms with Crippen molar-refractivity contribution in [2.24, 2.45) is 5.10 Å². The van der Waals surface area contributed by atoms with Crippen molar-refractivity contribution in [1.29, 1.82) is 0 Å². The molecule has 2 N–H and O–H groups in total. The minimum atomic E-state index is -0.536. The summed E-state index contributed by atoms with van der Waals surface area (Å²) in [5.74, 6) is -0.399. The van der Waals surface area contributed by atoms with E-state index in [0.717, 1.165) is 5.56 Å². The lowest BCUT2D eigenvalue weighted by Crippen LogP contribution is -2.19. The first kappa shape index (κ1) is 16.2. The summed E-state index contributed by atoms with van der Waals surface area (Å²) >= 11 is 0. The highest BCUT2D eigenvalue weighted by atomic mass is 16.6. The Bertz CT molecular complexity index is 782. The number of carbonyl (C=O) groups is 1. The van der Waals surface area contributed by atoms with Crippen LogP contribution in [-0.2, 0) is 0 Å². The smallest absolute Gasteiger partial charge is 0.273 e. The fourth-order valence-electron chi connectivity index (χ4n) is 1.91. The quantitative estimate of drug-likeness (QED) is 0.514. The van der Waals surface area contributed by atoms with Gasteiger partial charge < -0.3 is 5.11 Å². The zero-order valence-corrected chi connectivity index (χ0v) is 12.6. The van der Waals surface area contributed by atoms with Gasteiger partial charge in [0.15, 0.2) is 0 Å². The number of nitrogens with zero attached hydrogens (tertiary/aromatic N) is 2. The van der Waals surface area contributed by atoms with Crippen LogP contribution in [0.3, 0.4) is 0 Å². The third kappa shape index (κ3) is 3.91. The molecule has 1 amide bonds. The third-order valence-corrected chi connectivity index (χ3v) is 3.28. The molecule has 7 heteroatoms. The Morgan fingerprint density at radius 3 is 2.39 bits per heavy atom. The molecule has 118 valence electrons. The molecule has 0 spiro atoms. The van der Waals surface area contributed by atoms with Gasteiger partial charge in [0.1, 0.15) is 5.75 Å². The minimum Gasteiger partial charge on any atom is -0.508 e. The molecule has 0 radical (unpaired) electrons. The molecule has 2 rings (SSSR count). The number of hydrogen-bond acceptors (Lipinski definition) is 5. The number of nitro benzene ring substituents is 1. The van der Waals surface area contributed by atoms with Crippen LogP contribution in [0.5, 0.6) is 5.75 Å². The number of carbonyl (C=O) groups excluding carboxylic acids is 1. The zero-order valence-electron chi connectivity index (χ0n) is 12.6. The van der Waals surface area contributed by atoms with E-state index in [0.29, 0.717) is 11.3 Å². The number of hydrazone groups is 1. The average molecular weight is 313 g/mol. The van der Waals surface area contributed by atoms with Crippen molar-refractivity contribution in [2.75, 3.05) is 0 Å². The van der Waals surface area contributed by atoms with Crippen molar-refractivity contribution < 1.29 is 14.8 Å². The average Bonchev–Trinajstić information content (AvgIpc) is 2.53. The fraction of sp³-hybridized carbons (Fsp3) is 0.125. The normalized spacial score (nSPS) is 11.1. The van der Waals surface area contributed by atoms with Crippen molar-refractivity contribution in [3.05, 3.63) is 69.3 Å². The number of phenolic OH excluding ortho intramolecular Hbond substituents is 1. The van der Waals surface area contributed by atoms with Crippen LogP contribution in [0.2, 0.25) is 0 Å². The first-order valence-electron chi connectivity index (χ1n) is 6.77. The monoisotopic (exact) mass is 313 g/mol. The van der Waals surface area contributed by atoms with Gasteiger partial charge in [-0.05, 0) is 49.7 Å². The predicted molar refractivity (Wildman–Crippen MR) is 85.6 cm³/mol. The van der Waals surface area contributed by atoms with Gasteiger partial charge in [0.2, 0.25) is 0 Å². The maximum absolute atomic E-state index is 12.0. The largest absolute Gasteiger partial charge is 0.508 e. The standard InChI is InChI=1S/C16H15N3O4/c1-10-3-4-13(9-15(10)19(22)23)16(21)18-17-11(2)12-5-7-14(20)8-6-12/h3-9,20H,1-2H3,(H,18,21)/b17-11+. The Kier molecular flexibility index (Phi) is 4.70. The Hall–Kier alpha value is -3.22. The summed E-state index contributed by atoms with van der Waals surface area (Å²) < 4.78 is 0. The van der Waals surface area contributed by atoms with E-state index in [9.17, 15) is 20.0 Å². The number of nitrogens with one attached hydrogen (secondary N) is 1. The van der Waals surface area contributed by atoms with Gasteiger partial charge in [-0.3, -0.25) is 14.9 Å². The Morgan fingerprint density at radius 1 is 1.17 bits per heavy atom. The molecule has 0 fully saturated rings. The Labute approximate surface area is 132 Å². The molecule has 0 unspecified atom stereocenters. The van der Waals surface area contributed by atoms with E-state index in [1.165, 1.54) is 30.3 Å². The second kappa shape index (κ2) is 6.69. The molecule has 0 aliphatic heterocycles. The number of aryl methyl sites for hydroxylation is 1.